The van der Waals surface area contributed by atoms with Crippen LogP contribution in [-0.4, -0.2) is 43.1 Å². The van der Waals surface area contributed by atoms with Crippen LogP contribution in [0.5, 0.6) is 0 Å². The number of allylic oxidation sites excluding steroid dienone is 1. The Balaban J connectivity index is 2.48. The SMILES string of the molecule is Cc1nn(C/C(F)=C/CN)c(C)c1Cc1ccc(S(=O)(=O)N(C)C)c(C(F)(F)F)c1. The van der Waals surface area contributed by atoms with Gasteiger partial charge in [-0.05, 0) is 37.6 Å². The van der Waals surface area contributed by atoms with Gasteiger partial charge >= 0.3 is 6.18 Å². The lowest BCUT2D eigenvalue weighted by molar-refractivity contribution is -0.140. The Kier molecular flexibility index (Phi) is 7.10. The molecular formula is C19H24F4N4O2S. The first-order chi connectivity index (χ1) is 13.8. The zero-order valence-electron chi connectivity index (χ0n) is 17.1. The summed E-state index contributed by atoms with van der Waals surface area (Å²) in [5.74, 6) is -0.466. The maximum Gasteiger partial charge on any atom is 0.417 e. The van der Waals surface area contributed by atoms with Gasteiger partial charge in [0.25, 0.3) is 0 Å². The molecule has 2 N–H and O–H groups in total. The van der Waals surface area contributed by atoms with Gasteiger partial charge < -0.3 is 5.73 Å². The zero-order valence-corrected chi connectivity index (χ0v) is 17.9. The normalized spacial score (nSPS) is 13.3. The number of aryl methyl sites for hydroxylation is 1. The number of sulfonamides is 1. The molecule has 0 aliphatic rings. The van der Waals surface area contributed by atoms with E-state index in [2.05, 4.69) is 5.10 Å². The van der Waals surface area contributed by atoms with E-state index in [1.807, 2.05) is 0 Å². The molecule has 2 aromatic rings. The van der Waals surface area contributed by atoms with E-state index < -0.39 is 32.5 Å². The van der Waals surface area contributed by atoms with Crippen LogP contribution in [0.4, 0.5) is 17.6 Å². The standard InChI is InChI=1S/C19H24F4N4O2S/c1-12-16(13(2)27(25-12)11-15(20)7-8-24)9-14-5-6-18(30(28,29)26(3)4)17(10-14)19(21,22)23/h5-7,10H,8-9,11,24H2,1-4H3/b15-7-. The van der Waals surface area contributed by atoms with Crippen molar-refractivity contribution < 1.29 is 26.0 Å². The summed E-state index contributed by atoms with van der Waals surface area (Å²) in [6.45, 7) is 3.29. The average molecular weight is 448 g/mol. The topological polar surface area (TPSA) is 81.2 Å². The third-order valence-corrected chi connectivity index (χ3v) is 6.53. The molecule has 1 aromatic heterocycles. The fraction of sp³-hybridized carbons (Fsp3) is 0.421. The van der Waals surface area contributed by atoms with Gasteiger partial charge in [-0.3, -0.25) is 4.68 Å². The first kappa shape index (κ1) is 24.0. The fourth-order valence-electron chi connectivity index (χ4n) is 3.01. The molecule has 6 nitrogen and oxygen atoms in total. The van der Waals surface area contributed by atoms with E-state index in [1.165, 1.54) is 30.9 Å². The number of rotatable bonds is 7. The number of nitrogens with two attached hydrogens (primary N) is 1. The van der Waals surface area contributed by atoms with Crippen molar-refractivity contribution in [1.29, 1.82) is 0 Å². The van der Waals surface area contributed by atoms with E-state index in [-0.39, 0.29) is 25.1 Å². The molecule has 0 aliphatic carbocycles. The van der Waals surface area contributed by atoms with Crippen LogP contribution in [0.15, 0.2) is 35.0 Å². The first-order valence-corrected chi connectivity index (χ1v) is 10.4. The number of halogens is 4. The summed E-state index contributed by atoms with van der Waals surface area (Å²) in [6, 6.07) is 3.14. The predicted molar refractivity (Wildman–Crippen MR) is 105 cm³/mol. The van der Waals surface area contributed by atoms with Gasteiger partial charge in [-0.2, -0.15) is 18.3 Å². The number of benzene rings is 1. The summed E-state index contributed by atoms with van der Waals surface area (Å²) < 4.78 is 81.3. The highest BCUT2D eigenvalue weighted by Crippen LogP contribution is 2.36. The minimum absolute atomic E-state index is 0.0421. The molecule has 0 fully saturated rings. The van der Waals surface area contributed by atoms with Crippen LogP contribution in [0, 0.1) is 13.8 Å². The molecule has 166 valence electrons. The van der Waals surface area contributed by atoms with E-state index >= 15 is 0 Å². The molecule has 0 bridgehead atoms. The third kappa shape index (κ3) is 5.08. The van der Waals surface area contributed by atoms with Gasteiger partial charge in [0.2, 0.25) is 10.0 Å². The Hall–Kier alpha value is -2.24. The maximum absolute atomic E-state index is 13.8. The molecule has 0 radical (unpaired) electrons. The van der Waals surface area contributed by atoms with Crippen molar-refractivity contribution in [3.63, 3.8) is 0 Å². The summed E-state index contributed by atoms with van der Waals surface area (Å²) in [4.78, 5) is -0.804. The quantitative estimate of drug-likeness (QED) is 0.660. The van der Waals surface area contributed by atoms with E-state index in [9.17, 15) is 26.0 Å². The molecule has 0 aliphatic heterocycles. The summed E-state index contributed by atoms with van der Waals surface area (Å²) in [5.41, 5.74) is 6.12. The smallest absolute Gasteiger partial charge is 0.327 e. The lowest BCUT2D eigenvalue weighted by Gasteiger charge is -2.18. The maximum atomic E-state index is 13.8. The second kappa shape index (κ2) is 8.86. The molecule has 0 spiro atoms. The molecule has 0 atom stereocenters. The molecular weight excluding hydrogens is 424 g/mol. The number of nitrogens with zero attached hydrogens (tertiary/aromatic N) is 3. The van der Waals surface area contributed by atoms with Crippen molar-refractivity contribution in [2.45, 2.75) is 37.9 Å². The number of hydrogen-bond donors (Lipinski definition) is 1. The molecule has 0 saturated heterocycles. The Bertz CT molecular complexity index is 1060. The molecule has 0 saturated carbocycles. The van der Waals surface area contributed by atoms with Crippen LogP contribution in [0.1, 0.15) is 28.1 Å². The highest BCUT2D eigenvalue weighted by atomic mass is 32.2. The van der Waals surface area contributed by atoms with Crippen LogP contribution < -0.4 is 5.73 Å². The van der Waals surface area contributed by atoms with Crippen molar-refractivity contribution in [3.8, 4) is 0 Å². The average Bonchev–Trinajstić information content (AvgIpc) is 2.88. The van der Waals surface area contributed by atoms with Crippen molar-refractivity contribution in [3.05, 3.63) is 58.2 Å². The number of hydrogen-bond acceptors (Lipinski definition) is 4. The van der Waals surface area contributed by atoms with Gasteiger partial charge in [-0.15, -0.1) is 0 Å². The minimum atomic E-state index is -4.85. The Morgan fingerprint density at radius 2 is 1.90 bits per heavy atom. The molecule has 0 unspecified atom stereocenters. The zero-order chi connectivity index (χ0) is 22.9. The monoisotopic (exact) mass is 448 g/mol. The van der Waals surface area contributed by atoms with Crippen molar-refractivity contribution >= 4 is 10.0 Å². The highest BCUT2D eigenvalue weighted by molar-refractivity contribution is 7.89. The lowest BCUT2D eigenvalue weighted by atomic mass is 10.0. The molecule has 30 heavy (non-hydrogen) atoms. The third-order valence-electron chi connectivity index (χ3n) is 4.66. The fourth-order valence-corrected chi connectivity index (χ4v) is 4.10. The second-order valence-electron chi connectivity index (χ2n) is 6.99. The summed E-state index contributed by atoms with van der Waals surface area (Å²) in [7, 11) is -1.93. The molecule has 1 aromatic carbocycles. The van der Waals surface area contributed by atoms with Crippen molar-refractivity contribution in [2.24, 2.45) is 5.73 Å². The van der Waals surface area contributed by atoms with E-state index in [0.29, 0.717) is 17.0 Å². The lowest BCUT2D eigenvalue weighted by Crippen LogP contribution is -2.25. The molecule has 2 rings (SSSR count). The van der Waals surface area contributed by atoms with Crippen LogP contribution in [0.25, 0.3) is 0 Å². The minimum Gasteiger partial charge on any atom is -0.327 e. The van der Waals surface area contributed by atoms with Crippen LogP contribution in [0.3, 0.4) is 0 Å². The van der Waals surface area contributed by atoms with Crippen LogP contribution in [0.2, 0.25) is 0 Å². The molecule has 0 amide bonds. The Labute approximate surface area is 173 Å². The van der Waals surface area contributed by atoms with Gasteiger partial charge in [0.15, 0.2) is 0 Å². The largest absolute Gasteiger partial charge is 0.417 e. The summed E-state index contributed by atoms with van der Waals surface area (Å²) in [5, 5.41) is 4.25. The number of aromatic nitrogens is 2. The highest BCUT2D eigenvalue weighted by Gasteiger charge is 2.38. The van der Waals surface area contributed by atoms with Gasteiger partial charge in [0.05, 0.1) is 22.7 Å². The van der Waals surface area contributed by atoms with Gasteiger partial charge in [0, 0.05) is 38.3 Å². The second-order valence-corrected chi connectivity index (χ2v) is 9.11. The predicted octanol–water partition coefficient (Wildman–Crippen LogP) is 3.17. The van der Waals surface area contributed by atoms with Crippen molar-refractivity contribution in [1.82, 2.24) is 14.1 Å². The number of alkyl halides is 3. The van der Waals surface area contributed by atoms with Gasteiger partial charge in [0.1, 0.15) is 5.83 Å². The van der Waals surface area contributed by atoms with Crippen molar-refractivity contribution in [2.75, 3.05) is 20.6 Å². The Morgan fingerprint density at radius 3 is 2.43 bits per heavy atom. The summed E-state index contributed by atoms with van der Waals surface area (Å²) >= 11 is 0. The Morgan fingerprint density at radius 1 is 1.27 bits per heavy atom. The first-order valence-electron chi connectivity index (χ1n) is 8.99. The van der Waals surface area contributed by atoms with E-state index in [4.69, 9.17) is 5.73 Å². The molecule has 1 heterocycles. The molecule has 11 heteroatoms. The van der Waals surface area contributed by atoms with E-state index in [1.54, 1.807) is 13.8 Å². The van der Waals surface area contributed by atoms with Gasteiger partial charge in [-0.1, -0.05) is 6.07 Å². The van der Waals surface area contributed by atoms with Gasteiger partial charge in [-0.25, -0.2) is 17.1 Å². The van der Waals surface area contributed by atoms with Crippen LogP contribution in [-0.2, 0) is 29.2 Å². The van der Waals surface area contributed by atoms with E-state index in [0.717, 1.165) is 16.4 Å². The van der Waals surface area contributed by atoms with Crippen LogP contribution >= 0.6 is 0 Å². The summed E-state index contributed by atoms with van der Waals surface area (Å²) in [6.07, 6.45) is -3.54.